The number of carbonyl (C=O) groups is 2. The van der Waals surface area contributed by atoms with Gasteiger partial charge in [0.15, 0.2) is 0 Å². The molecule has 3 rings (SSSR count). The Labute approximate surface area is 152 Å². The summed E-state index contributed by atoms with van der Waals surface area (Å²) in [5, 5.41) is 8.01. The van der Waals surface area contributed by atoms with Crippen molar-refractivity contribution < 1.29 is 14.3 Å². The van der Waals surface area contributed by atoms with Crippen LogP contribution in [0.5, 0.6) is 0 Å². The molecule has 1 amide bonds. The maximum absolute atomic E-state index is 12.4. The summed E-state index contributed by atoms with van der Waals surface area (Å²) in [4.78, 5) is 23.5. The molecular weight excluding hydrogens is 328 g/mol. The molecule has 3 aromatic rings. The molecule has 132 valence electrons. The monoisotopic (exact) mass is 348 g/mol. The lowest BCUT2D eigenvalue weighted by Crippen LogP contribution is -2.08. The van der Waals surface area contributed by atoms with E-state index in [-0.39, 0.29) is 11.9 Å². The lowest BCUT2D eigenvalue weighted by Gasteiger charge is -2.15. The average Bonchev–Trinajstić information content (AvgIpc) is 2.63. The van der Waals surface area contributed by atoms with Crippen molar-refractivity contribution in [2.75, 3.05) is 17.2 Å². The van der Waals surface area contributed by atoms with Gasteiger partial charge in [0.1, 0.15) is 0 Å². The standard InChI is InChI=1S/C21H20N2O3/c1-3-26-21(25)19-13-8-15-6-4-5-7-18(15)20(19)23-17-11-9-16(10-12-17)22-14(2)24/h4-13,23H,3H2,1-2H3,(H,22,24). The van der Waals surface area contributed by atoms with Crippen LogP contribution in [-0.2, 0) is 9.53 Å². The van der Waals surface area contributed by atoms with Gasteiger partial charge in [0, 0.05) is 23.7 Å². The number of amides is 1. The zero-order valence-corrected chi connectivity index (χ0v) is 14.7. The van der Waals surface area contributed by atoms with E-state index in [1.807, 2.05) is 42.5 Å². The van der Waals surface area contributed by atoms with Crippen molar-refractivity contribution in [3.05, 3.63) is 66.2 Å². The van der Waals surface area contributed by atoms with Crippen LogP contribution in [-0.4, -0.2) is 18.5 Å². The maximum Gasteiger partial charge on any atom is 0.340 e. The summed E-state index contributed by atoms with van der Waals surface area (Å²) in [6.45, 7) is 3.57. The van der Waals surface area contributed by atoms with Crippen molar-refractivity contribution in [2.45, 2.75) is 13.8 Å². The number of carbonyl (C=O) groups excluding carboxylic acids is 2. The van der Waals surface area contributed by atoms with Crippen molar-refractivity contribution in [1.82, 2.24) is 0 Å². The highest BCUT2D eigenvalue weighted by Gasteiger charge is 2.15. The molecule has 0 aliphatic heterocycles. The van der Waals surface area contributed by atoms with E-state index in [9.17, 15) is 9.59 Å². The van der Waals surface area contributed by atoms with Gasteiger partial charge in [-0.25, -0.2) is 4.79 Å². The minimum atomic E-state index is -0.365. The molecule has 0 aromatic heterocycles. The van der Waals surface area contributed by atoms with Gasteiger partial charge in [0.05, 0.1) is 17.9 Å². The summed E-state index contributed by atoms with van der Waals surface area (Å²) >= 11 is 0. The smallest absolute Gasteiger partial charge is 0.340 e. The van der Waals surface area contributed by atoms with Crippen molar-refractivity contribution in [2.24, 2.45) is 0 Å². The first-order chi connectivity index (χ1) is 12.6. The molecule has 0 saturated heterocycles. The number of ether oxygens (including phenoxy) is 1. The summed E-state index contributed by atoms with van der Waals surface area (Å²) in [6, 6.07) is 18.8. The van der Waals surface area contributed by atoms with Crippen LogP contribution in [0.1, 0.15) is 24.2 Å². The largest absolute Gasteiger partial charge is 0.462 e. The van der Waals surface area contributed by atoms with Gasteiger partial charge in [-0.15, -0.1) is 0 Å². The summed E-state index contributed by atoms with van der Waals surface area (Å²) in [5.41, 5.74) is 2.71. The van der Waals surface area contributed by atoms with Crippen LogP contribution in [0.2, 0.25) is 0 Å². The minimum Gasteiger partial charge on any atom is -0.462 e. The molecule has 0 spiro atoms. The zero-order chi connectivity index (χ0) is 18.5. The molecule has 0 radical (unpaired) electrons. The summed E-state index contributed by atoms with van der Waals surface area (Å²) in [7, 11) is 0. The van der Waals surface area contributed by atoms with Crippen molar-refractivity contribution in [3.8, 4) is 0 Å². The fraction of sp³-hybridized carbons (Fsp3) is 0.143. The first-order valence-electron chi connectivity index (χ1n) is 8.42. The van der Waals surface area contributed by atoms with Crippen LogP contribution in [0.15, 0.2) is 60.7 Å². The summed E-state index contributed by atoms with van der Waals surface area (Å²) in [5.74, 6) is -0.486. The van der Waals surface area contributed by atoms with Gasteiger partial charge < -0.3 is 15.4 Å². The molecule has 0 aliphatic rings. The van der Waals surface area contributed by atoms with Gasteiger partial charge in [0.25, 0.3) is 0 Å². The van der Waals surface area contributed by atoms with Crippen molar-refractivity contribution in [1.29, 1.82) is 0 Å². The lowest BCUT2D eigenvalue weighted by atomic mass is 10.0. The molecule has 0 atom stereocenters. The Morgan fingerprint density at radius 3 is 2.31 bits per heavy atom. The Balaban J connectivity index is 2.00. The highest BCUT2D eigenvalue weighted by Crippen LogP contribution is 2.31. The van der Waals surface area contributed by atoms with E-state index in [1.54, 1.807) is 25.1 Å². The van der Waals surface area contributed by atoms with E-state index in [2.05, 4.69) is 10.6 Å². The molecule has 5 nitrogen and oxygen atoms in total. The Kier molecular flexibility index (Phi) is 5.17. The average molecular weight is 348 g/mol. The third-order valence-corrected chi connectivity index (χ3v) is 3.90. The topological polar surface area (TPSA) is 67.4 Å². The molecule has 3 aromatic carbocycles. The first-order valence-corrected chi connectivity index (χ1v) is 8.42. The first kappa shape index (κ1) is 17.5. The second-order valence-corrected chi connectivity index (χ2v) is 5.81. The lowest BCUT2D eigenvalue weighted by molar-refractivity contribution is -0.114. The van der Waals surface area contributed by atoms with E-state index in [1.165, 1.54) is 6.92 Å². The second kappa shape index (κ2) is 7.70. The highest BCUT2D eigenvalue weighted by molar-refractivity contribution is 6.07. The van der Waals surface area contributed by atoms with Gasteiger partial charge in [0.2, 0.25) is 5.91 Å². The maximum atomic E-state index is 12.4. The number of hydrogen-bond acceptors (Lipinski definition) is 4. The number of nitrogens with one attached hydrogen (secondary N) is 2. The second-order valence-electron chi connectivity index (χ2n) is 5.81. The molecule has 0 heterocycles. The molecule has 0 fully saturated rings. The molecule has 26 heavy (non-hydrogen) atoms. The van der Waals surface area contributed by atoms with Crippen LogP contribution in [0, 0.1) is 0 Å². The van der Waals surface area contributed by atoms with E-state index in [4.69, 9.17) is 4.74 Å². The fourth-order valence-electron chi connectivity index (χ4n) is 2.77. The molecule has 0 aliphatic carbocycles. The van der Waals surface area contributed by atoms with Gasteiger partial charge in [-0.05, 0) is 42.6 Å². The van der Waals surface area contributed by atoms with Gasteiger partial charge in [-0.3, -0.25) is 4.79 Å². The number of hydrogen-bond donors (Lipinski definition) is 2. The molecule has 0 bridgehead atoms. The van der Waals surface area contributed by atoms with Crippen molar-refractivity contribution >= 4 is 39.7 Å². The highest BCUT2D eigenvalue weighted by atomic mass is 16.5. The van der Waals surface area contributed by atoms with Crippen LogP contribution in [0.3, 0.4) is 0 Å². The molecule has 0 saturated carbocycles. The minimum absolute atomic E-state index is 0.121. The van der Waals surface area contributed by atoms with Crippen LogP contribution < -0.4 is 10.6 Å². The van der Waals surface area contributed by atoms with E-state index in [0.717, 1.165) is 16.5 Å². The number of anilines is 3. The Hall–Kier alpha value is -3.34. The molecule has 0 unspecified atom stereocenters. The van der Waals surface area contributed by atoms with E-state index in [0.29, 0.717) is 23.5 Å². The Bertz CT molecular complexity index is 949. The normalized spacial score (nSPS) is 10.4. The van der Waals surface area contributed by atoms with Crippen LogP contribution in [0.25, 0.3) is 10.8 Å². The third-order valence-electron chi connectivity index (χ3n) is 3.90. The summed E-state index contributed by atoms with van der Waals surface area (Å²) in [6.07, 6.45) is 0. The molecular formula is C21H20N2O3. The number of esters is 1. The number of benzene rings is 3. The van der Waals surface area contributed by atoms with Gasteiger partial charge in [-0.1, -0.05) is 30.3 Å². The number of rotatable bonds is 5. The van der Waals surface area contributed by atoms with Gasteiger partial charge >= 0.3 is 5.97 Å². The number of fused-ring (bicyclic) bond motifs is 1. The predicted molar refractivity (Wildman–Crippen MR) is 104 cm³/mol. The third kappa shape index (κ3) is 3.83. The van der Waals surface area contributed by atoms with E-state index < -0.39 is 0 Å². The van der Waals surface area contributed by atoms with Crippen LogP contribution >= 0.6 is 0 Å². The quantitative estimate of drug-likeness (QED) is 0.655. The summed E-state index contributed by atoms with van der Waals surface area (Å²) < 4.78 is 5.19. The zero-order valence-electron chi connectivity index (χ0n) is 14.7. The predicted octanol–water partition coefficient (Wildman–Crippen LogP) is 4.72. The fourth-order valence-corrected chi connectivity index (χ4v) is 2.77. The van der Waals surface area contributed by atoms with Crippen LogP contribution in [0.4, 0.5) is 17.1 Å². The Morgan fingerprint density at radius 2 is 1.62 bits per heavy atom. The van der Waals surface area contributed by atoms with Crippen molar-refractivity contribution in [3.63, 3.8) is 0 Å². The molecule has 5 heteroatoms. The van der Waals surface area contributed by atoms with E-state index >= 15 is 0 Å². The Morgan fingerprint density at radius 1 is 0.923 bits per heavy atom. The molecule has 2 N–H and O–H groups in total. The van der Waals surface area contributed by atoms with Gasteiger partial charge in [-0.2, -0.15) is 0 Å². The SMILES string of the molecule is CCOC(=O)c1ccc2ccccc2c1Nc1ccc(NC(C)=O)cc1.